The number of hydrogen-bond donors (Lipinski definition) is 1. The second-order valence-electron chi connectivity index (χ2n) is 4.68. The van der Waals surface area contributed by atoms with Gasteiger partial charge in [0.25, 0.3) is 0 Å². The van der Waals surface area contributed by atoms with Gasteiger partial charge in [0.2, 0.25) is 11.8 Å². The Balaban J connectivity index is 2.15. The van der Waals surface area contributed by atoms with Crippen LogP contribution in [0.1, 0.15) is 26.2 Å². The zero-order valence-electron chi connectivity index (χ0n) is 8.98. The minimum atomic E-state index is -0.132. The number of β-amino-alcohol motifs (C(OH)–C–C–N with tert-alkyl or cyclic N) is 1. The van der Waals surface area contributed by atoms with Crippen LogP contribution in [0.15, 0.2) is 0 Å². The Morgan fingerprint density at radius 3 is 2.60 bits per heavy atom. The average Bonchev–Trinajstić information content (AvgIpc) is 2.44. The second-order valence-corrected chi connectivity index (χ2v) is 4.68. The molecule has 4 nitrogen and oxygen atoms in total. The first kappa shape index (κ1) is 10.6. The van der Waals surface area contributed by atoms with E-state index in [1.165, 1.54) is 4.90 Å². The molecule has 0 radical (unpaired) electrons. The fraction of sp³-hybridized carbons (Fsp3) is 0.818. The topological polar surface area (TPSA) is 57.6 Å². The monoisotopic (exact) mass is 211 g/mol. The molecule has 0 spiro atoms. The third-order valence-corrected chi connectivity index (χ3v) is 3.60. The van der Waals surface area contributed by atoms with Crippen LogP contribution < -0.4 is 0 Å². The fourth-order valence-corrected chi connectivity index (χ4v) is 2.78. The molecule has 0 bridgehead atoms. The van der Waals surface area contributed by atoms with Gasteiger partial charge in [0.1, 0.15) is 0 Å². The minimum Gasteiger partial charge on any atom is -0.395 e. The van der Waals surface area contributed by atoms with Crippen molar-refractivity contribution in [1.29, 1.82) is 0 Å². The lowest BCUT2D eigenvalue weighted by Gasteiger charge is -2.25. The number of likely N-dealkylation sites (tertiary alicyclic amines) is 1. The van der Waals surface area contributed by atoms with Gasteiger partial charge in [0.15, 0.2) is 0 Å². The molecule has 1 heterocycles. The predicted molar refractivity (Wildman–Crippen MR) is 53.8 cm³/mol. The molecule has 1 N–H and O–H groups in total. The van der Waals surface area contributed by atoms with Crippen LogP contribution >= 0.6 is 0 Å². The number of amides is 2. The van der Waals surface area contributed by atoms with E-state index in [9.17, 15) is 9.59 Å². The SMILES string of the molecule is CC1CCC2C(=O)N(CCO)C(=O)C2C1. The van der Waals surface area contributed by atoms with Crippen molar-refractivity contribution in [2.75, 3.05) is 13.2 Å². The van der Waals surface area contributed by atoms with Crippen LogP contribution in [0.25, 0.3) is 0 Å². The molecule has 1 saturated carbocycles. The Kier molecular flexibility index (Phi) is 2.78. The van der Waals surface area contributed by atoms with E-state index in [4.69, 9.17) is 5.11 Å². The first-order valence-corrected chi connectivity index (χ1v) is 5.61. The van der Waals surface area contributed by atoms with E-state index < -0.39 is 0 Å². The summed E-state index contributed by atoms with van der Waals surface area (Å²) < 4.78 is 0. The molecule has 0 aromatic rings. The summed E-state index contributed by atoms with van der Waals surface area (Å²) in [5.74, 6) is 0.210. The van der Waals surface area contributed by atoms with Crippen LogP contribution in [0, 0.1) is 17.8 Å². The molecule has 15 heavy (non-hydrogen) atoms. The van der Waals surface area contributed by atoms with E-state index in [2.05, 4.69) is 6.92 Å². The molecule has 4 heteroatoms. The lowest BCUT2D eigenvalue weighted by molar-refractivity contribution is -0.140. The Hall–Kier alpha value is -0.900. The van der Waals surface area contributed by atoms with Crippen LogP contribution in [0.4, 0.5) is 0 Å². The predicted octanol–water partition coefficient (Wildman–Crippen LogP) is 0.400. The van der Waals surface area contributed by atoms with Crippen molar-refractivity contribution in [3.63, 3.8) is 0 Å². The van der Waals surface area contributed by atoms with Crippen LogP contribution in [0.5, 0.6) is 0 Å². The number of nitrogens with zero attached hydrogens (tertiary/aromatic N) is 1. The third-order valence-electron chi connectivity index (χ3n) is 3.60. The van der Waals surface area contributed by atoms with Crippen molar-refractivity contribution < 1.29 is 14.7 Å². The Bertz CT molecular complexity index is 290. The summed E-state index contributed by atoms with van der Waals surface area (Å²) in [6.07, 6.45) is 2.70. The minimum absolute atomic E-state index is 0.0639. The molecule has 3 atom stereocenters. The van der Waals surface area contributed by atoms with E-state index in [0.29, 0.717) is 5.92 Å². The summed E-state index contributed by atoms with van der Waals surface area (Å²) in [5, 5.41) is 8.80. The lowest BCUT2D eigenvalue weighted by Crippen LogP contribution is -2.33. The highest BCUT2D eigenvalue weighted by atomic mass is 16.3. The number of aliphatic hydroxyl groups excluding tert-OH is 1. The van der Waals surface area contributed by atoms with Crippen LogP contribution in [-0.4, -0.2) is 35.0 Å². The van der Waals surface area contributed by atoms with Crippen LogP contribution in [0.2, 0.25) is 0 Å². The largest absolute Gasteiger partial charge is 0.395 e. The van der Waals surface area contributed by atoms with Crippen LogP contribution in [-0.2, 0) is 9.59 Å². The Morgan fingerprint density at radius 2 is 1.93 bits per heavy atom. The quantitative estimate of drug-likeness (QED) is 0.673. The molecule has 0 aromatic carbocycles. The van der Waals surface area contributed by atoms with Gasteiger partial charge in [-0.05, 0) is 25.2 Å². The maximum atomic E-state index is 11.9. The van der Waals surface area contributed by atoms with E-state index in [-0.39, 0.29) is 36.8 Å². The summed E-state index contributed by atoms with van der Waals surface area (Å²) in [4.78, 5) is 25.0. The van der Waals surface area contributed by atoms with Gasteiger partial charge in [-0.3, -0.25) is 14.5 Å². The van der Waals surface area contributed by atoms with Gasteiger partial charge in [-0.15, -0.1) is 0 Å². The van der Waals surface area contributed by atoms with Gasteiger partial charge >= 0.3 is 0 Å². The molecule has 1 saturated heterocycles. The Labute approximate surface area is 89.3 Å². The van der Waals surface area contributed by atoms with Crippen LogP contribution in [0.3, 0.4) is 0 Å². The molecule has 84 valence electrons. The molecule has 3 unspecified atom stereocenters. The Morgan fingerprint density at radius 1 is 1.27 bits per heavy atom. The summed E-state index contributed by atoms with van der Waals surface area (Å²) in [6, 6.07) is 0. The average molecular weight is 211 g/mol. The van der Waals surface area contributed by atoms with Crippen molar-refractivity contribution in [3.05, 3.63) is 0 Å². The van der Waals surface area contributed by atoms with Gasteiger partial charge in [-0.25, -0.2) is 0 Å². The van der Waals surface area contributed by atoms with E-state index in [0.717, 1.165) is 19.3 Å². The zero-order chi connectivity index (χ0) is 11.0. The summed E-state index contributed by atoms with van der Waals surface area (Å²) >= 11 is 0. The number of imide groups is 1. The summed E-state index contributed by atoms with van der Waals surface area (Å²) in [6.45, 7) is 2.16. The van der Waals surface area contributed by atoms with Crippen molar-refractivity contribution in [2.45, 2.75) is 26.2 Å². The molecule has 2 rings (SSSR count). The molecule has 1 aliphatic heterocycles. The summed E-state index contributed by atoms with van der Waals surface area (Å²) in [7, 11) is 0. The number of carbonyl (C=O) groups is 2. The number of fused-ring (bicyclic) bond motifs is 1. The second kappa shape index (κ2) is 3.93. The van der Waals surface area contributed by atoms with Crippen molar-refractivity contribution in [3.8, 4) is 0 Å². The number of hydrogen-bond acceptors (Lipinski definition) is 3. The van der Waals surface area contributed by atoms with Crippen molar-refractivity contribution in [1.82, 2.24) is 4.90 Å². The molecular weight excluding hydrogens is 194 g/mol. The highest BCUT2D eigenvalue weighted by Gasteiger charge is 2.48. The summed E-state index contributed by atoms with van der Waals surface area (Å²) in [5.41, 5.74) is 0. The number of aliphatic hydroxyl groups is 1. The molecule has 2 aliphatic rings. The maximum absolute atomic E-state index is 11.9. The normalized spacial score (nSPS) is 35.9. The highest BCUT2D eigenvalue weighted by Crippen LogP contribution is 2.40. The molecule has 2 amide bonds. The van der Waals surface area contributed by atoms with Crippen molar-refractivity contribution in [2.24, 2.45) is 17.8 Å². The molecular formula is C11H17NO3. The number of rotatable bonds is 2. The highest BCUT2D eigenvalue weighted by molar-refractivity contribution is 6.05. The maximum Gasteiger partial charge on any atom is 0.233 e. The zero-order valence-corrected chi connectivity index (χ0v) is 8.98. The lowest BCUT2D eigenvalue weighted by atomic mass is 9.76. The standard InChI is InChI=1S/C11H17NO3/c1-7-2-3-8-9(6-7)11(15)12(4-5-13)10(8)14/h7-9,13H,2-6H2,1H3. The third kappa shape index (κ3) is 1.67. The molecule has 2 fully saturated rings. The van der Waals surface area contributed by atoms with Gasteiger partial charge < -0.3 is 5.11 Å². The number of carbonyl (C=O) groups excluding carboxylic acids is 2. The fourth-order valence-electron chi connectivity index (χ4n) is 2.78. The van der Waals surface area contributed by atoms with Gasteiger partial charge in [-0.1, -0.05) is 6.92 Å². The van der Waals surface area contributed by atoms with E-state index in [1.54, 1.807) is 0 Å². The first-order chi connectivity index (χ1) is 7.15. The molecule has 0 aromatic heterocycles. The van der Waals surface area contributed by atoms with Crippen molar-refractivity contribution >= 4 is 11.8 Å². The molecule has 1 aliphatic carbocycles. The van der Waals surface area contributed by atoms with Gasteiger partial charge in [-0.2, -0.15) is 0 Å². The van der Waals surface area contributed by atoms with Gasteiger partial charge in [0.05, 0.1) is 25.0 Å². The first-order valence-electron chi connectivity index (χ1n) is 5.61. The van der Waals surface area contributed by atoms with Gasteiger partial charge in [0, 0.05) is 0 Å². The smallest absolute Gasteiger partial charge is 0.233 e. The van der Waals surface area contributed by atoms with E-state index in [1.807, 2.05) is 0 Å². The van der Waals surface area contributed by atoms with E-state index >= 15 is 0 Å².